The highest BCUT2D eigenvalue weighted by Gasteiger charge is 2.15. The number of aryl methyl sites for hydroxylation is 2. The molecule has 0 radical (unpaired) electrons. The number of aromatic amines is 1. The number of halogens is 2. The van der Waals surface area contributed by atoms with Gasteiger partial charge in [0.2, 0.25) is 5.95 Å². The molecule has 7 heteroatoms. The molecular formula is C22H18ClFN4O. The first-order valence-electron chi connectivity index (χ1n) is 9.03. The quantitative estimate of drug-likeness (QED) is 0.441. The van der Waals surface area contributed by atoms with E-state index < -0.39 is 5.95 Å². The van der Waals surface area contributed by atoms with Crippen LogP contribution in [0.25, 0.3) is 22.6 Å². The van der Waals surface area contributed by atoms with Gasteiger partial charge in [-0.25, -0.2) is 9.97 Å². The van der Waals surface area contributed by atoms with Crippen molar-refractivity contribution in [1.29, 1.82) is 0 Å². The molecule has 0 aliphatic carbocycles. The molecule has 3 aromatic heterocycles. The van der Waals surface area contributed by atoms with E-state index >= 15 is 0 Å². The zero-order chi connectivity index (χ0) is 20.4. The molecule has 1 N–H and O–H groups in total. The lowest BCUT2D eigenvalue weighted by atomic mass is 10.1. The van der Waals surface area contributed by atoms with E-state index in [2.05, 4.69) is 19.9 Å². The molecular weight excluding hydrogens is 391 g/mol. The number of H-pyrrole nitrogens is 1. The molecule has 0 amide bonds. The van der Waals surface area contributed by atoms with Crippen molar-refractivity contribution in [3.63, 3.8) is 0 Å². The highest BCUT2D eigenvalue weighted by Crippen LogP contribution is 2.33. The van der Waals surface area contributed by atoms with Gasteiger partial charge in [0.25, 0.3) is 0 Å². The normalized spacial score (nSPS) is 10.9. The molecule has 3 heterocycles. The van der Waals surface area contributed by atoms with Crippen LogP contribution in [0, 0.1) is 19.8 Å². The van der Waals surface area contributed by atoms with Gasteiger partial charge in [0.15, 0.2) is 0 Å². The summed E-state index contributed by atoms with van der Waals surface area (Å²) in [4.78, 5) is 15.7. The van der Waals surface area contributed by atoms with E-state index in [-0.39, 0.29) is 0 Å². The van der Waals surface area contributed by atoms with Gasteiger partial charge in [-0.1, -0.05) is 17.7 Å². The number of pyridine rings is 2. The van der Waals surface area contributed by atoms with Crippen LogP contribution in [0.1, 0.15) is 17.0 Å². The van der Waals surface area contributed by atoms with Crippen LogP contribution in [0.3, 0.4) is 0 Å². The van der Waals surface area contributed by atoms with E-state index in [1.807, 2.05) is 50.2 Å². The van der Waals surface area contributed by atoms with Gasteiger partial charge in [0.05, 0.1) is 5.69 Å². The van der Waals surface area contributed by atoms with Gasteiger partial charge in [-0.3, -0.25) is 4.98 Å². The van der Waals surface area contributed by atoms with Gasteiger partial charge >= 0.3 is 0 Å². The maximum Gasteiger partial charge on any atom is 0.212 e. The van der Waals surface area contributed by atoms with Gasteiger partial charge in [-0.2, -0.15) is 4.39 Å². The third-order valence-corrected chi connectivity index (χ3v) is 4.72. The maximum atomic E-state index is 13.0. The third kappa shape index (κ3) is 4.27. The molecule has 146 valence electrons. The van der Waals surface area contributed by atoms with Gasteiger partial charge in [-0.15, -0.1) is 0 Å². The second-order valence-electron chi connectivity index (χ2n) is 6.65. The number of nitrogens with one attached hydrogen (secondary N) is 1. The lowest BCUT2D eigenvalue weighted by molar-refractivity contribution is 0.301. The van der Waals surface area contributed by atoms with Crippen molar-refractivity contribution in [2.75, 3.05) is 0 Å². The number of aromatic nitrogens is 4. The Bertz CT molecular complexity index is 1160. The summed E-state index contributed by atoms with van der Waals surface area (Å²) in [5.41, 5.74) is 4.96. The standard InChI is InChI=1S/C22H18ClFN4O/c1-13-10-17(29-12-16-5-3-4-14(2)26-16)7-8-18(13)20-21(23)28-22(27-20)15-6-9-19(24)25-11-15/h3-11H,12H2,1-2H3,(H,27,28). The molecule has 0 atom stereocenters. The molecule has 0 fully saturated rings. The number of imidazole rings is 1. The zero-order valence-corrected chi connectivity index (χ0v) is 16.7. The molecule has 0 aliphatic heterocycles. The number of rotatable bonds is 5. The van der Waals surface area contributed by atoms with Crippen molar-refractivity contribution >= 4 is 11.6 Å². The predicted molar refractivity (Wildman–Crippen MR) is 110 cm³/mol. The van der Waals surface area contributed by atoms with Crippen molar-refractivity contribution in [3.8, 4) is 28.4 Å². The fourth-order valence-electron chi connectivity index (χ4n) is 3.01. The first-order chi connectivity index (χ1) is 14.0. The Labute approximate surface area is 172 Å². The molecule has 0 spiro atoms. The average molecular weight is 409 g/mol. The number of hydrogen-bond acceptors (Lipinski definition) is 4. The summed E-state index contributed by atoms with van der Waals surface area (Å²) < 4.78 is 18.9. The van der Waals surface area contributed by atoms with E-state index in [0.717, 1.165) is 28.3 Å². The molecule has 4 aromatic rings. The highest BCUT2D eigenvalue weighted by molar-refractivity contribution is 6.32. The Balaban J connectivity index is 1.55. The summed E-state index contributed by atoms with van der Waals surface area (Å²) in [6, 6.07) is 14.5. The first-order valence-corrected chi connectivity index (χ1v) is 9.41. The number of ether oxygens (including phenoxy) is 1. The second-order valence-corrected chi connectivity index (χ2v) is 7.03. The molecule has 5 nitrogen and oxygen atoms in total. The van der Waals surface area contributed by atoms with Crippen LogP contribution in [0.5, 0.6) is 5.75 Å². The summed E-state index contributed by atoms with van der Waals surface area (Å²) in [6.07, 6.45) is 1.41. The Kier molecular flexibility index (Phi) is 5.27. The van der Waals surface area contributed by atoms with Gasteiger partial charge < -0.3 is 9.72 Å². The largest absolute Gasteiger partial charge is 0.487 e. The van der Waals surface area contributed by atoms with E-state index in [9.17, 15) is 4.39 Å². The maximum absolute atomic E-state index is 13.0. The molecule has 4 rings (SSSR count). The van der Waals surface area contributed by atoms with Gasteiger partial charge in [-0.05, 0) is 61.9 Å². The Hall–Kier alpha value is -3.25. The predicted octanol–water partition coefficient (Wildman–Crippen LogP) is 5.52. The van der Waals surface area contributed by atoms with Crippen LogP contribution in [0.4, 0.5) is 4.39 Å². The lowest BCUT2D eigenvalue weighted by Gasteiger charge is -2.09. The summed E-state index contributed by atoms with van der Waals surface area (Å²) >= 11 is 6.38. The minimum absolute atomic E-state index is 0.394. The fraction of sp³-hybridized carbons (Fsp3) is 0.136. The second kappa shape index (κ2) is 8.01. The molecule has 0 saturated carbocycles. The SMILES string of the molecule is Cc1cccc(COc2ccc(-c3nc(-c4ccc(F)nc4)[nH]c3Cl)c(C)c2)n1. The van der Waals surface area contributed by atoms with Crippen molar-refractivity contribution in [1.82, 2.24) is 19.9 Å². The summed E-state index contributed by atoms with van der Waals surface area (Å²) in [5.74, 6) is 0.728. The van der Waals surface area contributed by atoms with E-state index in [1.165, 1.54) is 12.3 Å². The van der Waals surface area contributed by atoms with Gasteiger partial charge in [0.1, 0.15) is 29.0 Å². The monoisotopic (exact) mass is 408 g/mol. The topological polar surface area (TPSA) is 63.7 Å². The summed E-state index contributed by atoms with van der Waals surface area (Å²) in [5, 5.41) is 0.407. The third-order valence-electron chi connectivity index (χ3n) is 4.45. The van der Waals surface area contributed by atoms with Crippen LogP contribution in [0.2, 0.25) is 5.15 Å². The molecule has 0 saturated heterocycles. The molecule has 0 aliphatic rings. The summed E-state index contributed by atoms with van der Waals surface area (Å²) in [6.45, 7) is 4.31. The number of hydrogen-bond donors (Lipinski definition) is 1. The van der Waals surface area contributed by atoms with Crippen molar-refractivity contribution in [2.24, 2.45) is 0 Å². The first kappa shape index (κ1) is 19.1. The minimum Gasteiger partial charge on any atom is -0.487 e. The lowest BCUT2D eigenvalue weighted by Crippen LogP contribution is -1.99. The number of benzene rings is 1. The van der Waals surface area contributed by atoms with Crippen molar-refractivity contribution in [2.45, 2.75) is 20.5 Å². The van der Waals surface area contributed by atoms with Crippen LogP contribution in [0.15, 0.2) is 54.7 Å². The van der Waals surface area contributed by atoms with Crippen LogP contribution < -0.4 is 4.74 Å². The summed E-state index contributed by atoms with van der Waals surface area (Å²) in [7, 11) is 0. The van der Waals surface area contributed by atoms with Crippen molar-refractivity contribution in [3.05, 3.63) is 82.8 Å². The van der Waals surface area contributed by atoms with Crippen LogP contribution in [-0.2, 0) is 6.61 Å². The smallest absolute Gasteiger partial charge is 0.212 e. The van der Waals surface area contributed by atoms with Crippen LogP contribution in [-0.4, -0.2) is 19.9 Å². The van der Waals surface area contributed by atoms with Crippen molar-refractivity contribution < 1.29 is 9.13 Å². The van der Waals surface area contributed by atoms with Crippen LogP contribution >= 0.6 is 11.6 Å². The highest BCUT2D eigenvalue weighted by atomic mass is 35.5. The number of nitrogens with zero attached hydrogens (tertiary/aromatic N) is 3. The Morgan fingerprint density at radius 3 is 2.66 bits per heavy atom. The van der Waals surface area contributed by atoms with Gasteiger partial charge in [0, 0.05) is 23.0 Å². The van der Waals surface area contributed by atoms with E-state index in [1.54, 1.807) is 6.07 Å². The minimum atomic E-state index is -0.543. The van der Waals surface area contributed by atoms with E-state index in [0.29, 0.717) is 28.8 Å². The molecule has 0 bridgehead atoms. The fourth-order valence-corrected chi connectivity index (χ4v) is 3.25. The Morgan fingerprint density at radius 1 is 1.07 bits per heavy atom. The molecule has 0 unspecified atom stereocenters. The average Bonchev–Trinajstić information content (AvgIpc) is 3.08. The molecule has 1 aromatic carbocycles. The van der Waals surface area contributed by atoms with E-state index in [4.69, 9.17) is 16.3 Å². The molecule has 29 heavy (non-hydrogen) atoms. The Morgan fingerprint density at radius 2 is 1.93 bits per heavy atom. The zero-order valence-electron chi connectivity index (χ0n) is 15.9.